The standard InChI is InChI=1S/C18H22N2O4S/c1-4-12(2)14-8-10-15(11-9-14)25(23,24)20-19-13(3)18-16(21)6-5-7-17(18)22/h5-12,20-22H,4H2,1-3H3/b19-13+. The van der Waals surface area contributed by atoms with E-state index in [1.54, 1.807) is 12.1 Å². The molecule has 7 heteroatoms. The van der Waals surface area contributed by atoms with Crippen molar-refractivity contribution in [1.82, 2.24) is 4.83 Å². The molecule has 0 aliphatic heterocycles. The summed E-state index contributed by atoms with van der Waals surface area (Å²) in [4.78, 5) is 2.22. The Morgan fingerprint density at radius 3 is 2.20 bits per heavy atom. The first-order valence-electron chi connectivity index (χ1n) is 7.93. The van der Waals surface area contributed by atoms with Crippen molar-refractivity contribution in [2.24, 2.45) is 5.10 Å². The van der Waals surface area contributed by atoms with Crippen LogP contribution in [-0.2, 0) is 10.0 Å². The number of benzene rings is 2. The molecule has 0 amide bonds. The number of hydrazone groups is 1. The molecular weight excluding hydrogens is 340 g/mol. The Morgan fingerprint density at radius 2 is 1.68 bits per heavy atom. The topological polar surface area (TPSA) is 99.0 Å². The van der Waals surface area contributed by atoms with Crippen LogP contribution >= 0.6 is 0 Å². The molecular formula is C18H22N2O4S. The molecule has 25 heavy (non-hydrogen) atoms. The third kappa shape index (κ3) is 4.30. The van der Waals surface area contributed by atoms with Gasteiger partial charge in [-0.1, -0.05) is 32.0 Å². The molecule has 0 bridgehead atoms. The Kier molecular flexibility index (Phi) is 5.69. The predicted octanol–water partition coefficient (Wildman–Crippen LogP) is 3.31. The van der Waals surface area contributed by atoms with Crippen LogP contribution in [0.3, 0.4) is 0 Å². The minimum Gasteiger partial charge on any atom is -0.507 e. The van der Waals surface area contributed by atoms with Crippen LogP contribution in [0.15, 0.2) is 52.5 Å². The van der Waals surface area contributed by atoms with E-state index in [2.05, 4.69) is 23.8 Å². The van der Waals surface area contributed by atoms with Gasteiger partial charge in [0.05, 0.1) is 16.2 Å². The molecule has 2 rings (SSSR count). The third-order valence-electron chi connectivity index (χ3n) is 4.09. The molecule has 1 atom stereocenters. The van der Waals surface area contributed by atoms with Crippen LogP contribution in [0.5, 0.6) is 11.5 Å². The van der Waals surface area contributed by atoms with Crippen molar-refractivity contribution in [3.8, 4) is 11.5 Å². The lowest BCUT2D eigenvalue weighted by Gasteiger charge is -2.10. The molecule has 2 aromatic carbocycles. The van der Waals surface area contributed by atoms with Gasteiger partial charge in [-0.3, -0.25) is 0 Å². The van der Waals surface area contributed by atoms with Crippen LogP contribution in [0.4, 0.5) is 0 Å². The second-order valence-corrected chi connectivity index (χ2v) is 7.50. The largest absolute Gasteiger partial charge is 0.507 e. The van der Waals surface area contributed by atoms with Crippen LogP contribution in [-0.4, -0.2) is 24.3 Å². The highest BCUT2D eigenvalue weighted by Gasteiger charge is 2.15. The summed E-state index contributed by atoms with van der Waals surface area (Å²) in [5.74, 6) is -0.00859. The summed E-state index contributed by atoms with van der Waals surface area (Å²) < 4.78 is 24.7. The van der Waals surface area contributed by atoms with Crippen molar-refractivity contribution in [2.75, 3.05) is 0 Å². The second kappa shape index (κ2) is 7.57. The molecule has 134 valence electrons. The summed E-state index contributed by atoms with van der Waals surface area (Å²) in [5, 5.41) is 23.4. The van der Waals surface area contributed by atoms with Gasteiger partial charge in [-0.25, -0.2) is 0 Å². The van der Waals surface area contributed by atoms with Gasteiger partial charge in [0, 0.05) is 0 Å². The summed E-state index contributed by atoms with van der Waals surface area (Å²) in [6.45, 7) is 5.64. The third-order valence-corrected chi connectivity index (χ3v) is 5.31. The Bertz CT molecular complexity index is 854. The second-order valence-electron chi connectivity index (χ2n) is 5.84. The fourth-order valence-corrected chi connectivity index (χ4v) is 3.20. The van der Waals surface area contributed by atoms with Crippen molar-refractivity contribution in [2.45, 2.75) is 38.0 Å². The van der Waals surface area contributed by atoms with Gasteiger partial charge in [0.1, 0.15) is 11.5 Å². The number of phenols is 2. The van der Waals surface area contributed by atoms with Gasteiger partial charge in [-0.05, 0) is 49.1 Å². The quantitative estimate of drug-likeness (QED) is 0.542. The van der Waals surface area contributed by atoms with E-state index in [0.717, 1.165) is 12.0 Å². The van der Waals surface area contributed by atoms with E-state index in [1.165, 1.54) is 37.3 Å². The smallest absolute Gasteiger partial charge is 0.276 e. The first-order valence-corrected chi connectivity index (χ1v) is 9.42. The van der Waals surface area contributed by atoms with E-state index in [1.807, 2.05) is 0 Å². The number of nitrogens with zero attached hydrogens (tertiary/aromatic N) is 1. The lowest BCUT2D eigenvalue weighted by atomic mass is 9.99. The van der Waals surface area contributed by atoms with Crippen LogP contribution in [0.2, 0.25) is 0 Å². The van der Waals surface area contributed by atoms with Crippen LogP contribution in [0.25, 0.3) is 0 Å². The maximum atomic E-state index is 12.3. The fourth-order valence-electron chi connectivity index (χ4n) is 2.35. The Balaban J connectivity index is 2.24. The molecule has 0 saturated carbocycles. The Labute approximate surface area is 147 Å². The molecule has 2 aromatic rings. The Morgan fingerprint density at radius 1 is 1.12 bits per heavy atom. The molecule has 0 heterocycles. The molecule has 0 fully saturated rings. The zero-order valence-electron chi connectivity index (χ0n) is 14.4. The van der Waals surface area contributed by atoms with Gasteiger partial charge in [0.15, 0.2) is 0 Å². The highest BCUT2D eigenvalue weighted by molar-refractivity contribution is 7.89. The van der Waals surface area contributed by atoms with E-state index >= 15 is 0 Å². The maximum absolute atomic E-state index is 12.3. The monoisotopic (exact) mass is 362 g/mol. The minimum absolute atomic E-state index is 0.0809. The average molecular weight is 362 g/mol. The fraction of sp³-hybridized carbons (Fsp3) is 0.278. The highest BCUT2D eigenvalue weighted by atomic mass is 32.2. The van der Waals surface area contributed by atoms with E-state index in [4.69, 9.17) is 0 Å². The average Bonchev–Trinajstić information content (AvgIpc) is 2.59. The van der Waals surface area contributed by atoms with Crippen molar-refractivity contribution in [1.29, 1.82) is 0 Å². The van der Waals surface area contributed by atoms with Gasteiger partial charge in [0.2, 0.25) is 0 Å². The maximum Gasteiger partial charge on any atom is 0.276 e. The molecule has 6 nitrogen and oxygen atoms in total. The lowest BCUT2D eigenvalue weighted by Crippen LogP contribution is -2.20. The number of aromatic hydroxyl groups is 2. The number of nitrogens with one attached hydrogen (secondary N) is 1. The van der Waals surface area contributed by atoms with Crippen LogP contribution in [0.1, 0.15) is 44.2 Å². The minimum atomic E-state index is -3.84. The van der Waals surface area contributed by atoms with Crippen molar-refractivity contribution >= 4 is 15.7 Å². The molecule has 0 aromatic heterocycles. The zero-order valence-corrected chi connectivity index (χ0v) is 15.2. The molecule has 0 saturated heterocycles. The van der Waals surface area contributed by atoms with E-state index in [-0.39, 0.29) is 27.7 Å². The van der Waals surface area contributed by atoms with Crippen LogP contribution < -0.4 is 4.83 Å². The van der Waals surface area contributed by atoms with Crippen LogP contribution in [0, 0.1) is 0 Å². The first-order chi connectivity index (χ1) is 11.8. The summed E-state index contributed by atoms with van der Waals surface area (Å²) in [6, 6.07) is 10.9. The van der Waals surface area contributed by atoms with E-state index in [0.29, 0.717) is 5.92 Å². The molecule has 1 unspecified atom stereocenters. The van der Waals surface area contributed by atoms with Gasteiger partial charge in [-0.2, -0.15) is 18.4 Å². The van der Waals surface area contributed by atoms with Crippen molar-refractivity contribution < 1.29 is 18.6 Å². The highest BCUT2D eigenvalue weighted by Crippen LogP contribution is 2.27. The summed E-state index contributed by atoms with van der Waals surface area (Å²) in [7, 11) is -3.84. The molecule has 0 radical (unpaired) electrons. The normalized spacial score (nSPS) is 13.5. The van der Waals surface area contributed by atoms with Gasteiger partial charge < -0.3 is 10.2 Å². The van der Waals surface area contributed by atoms with Gasteiger partial charge in [0.25, 0.3) is 10.0 Å². The number of rotatable bonds is 6. The molecule has 0 aliphatic carbocycles. The van der Waals surface area contributed by atoms with Gasteiger partial charge in [-0.15, -0.1) is 0 Å². The molecule has 3 N–H and O–H groups in total. The SMILES string of the molecule is CCC(C)c1ccc(S(=O)(=O)N/N=C(\C)c2c(O)cccc2O)cc1. The predicted molar refractivity (Wildman–Crippen MR) is 97.5 cm³/mol. The summed E-state index contributed by atoms with van der Waals surface area (Å²) in [5.41, 5.74) is 1.30. The first kappa shape index (κ1) is 18.8. The van der Waals surface area contributed by atoms with E-state index in [9.17, 15) is 18.6 Å². The zero-order chi connectivity index (χ0) is 18.6. The van der Waals surface area contributed by atoms with Gasteiger partial charge >= 0.3 is 0 Å². The van der Waals surface area contributed by atoms with Crippen molar-refractivity contribution in [3.63, 3.8) is 0 Å². The summed E-state index contributed by atoms with van der Waals surface area (Å²) >= 11 is 0. The number of phenolic OH excluding ortho intramolecular Hbond substituents is 2. The lowest BCUT2D eigenvalue weighted by molar-refractivity contribution is 0.448. The molecule has 0 aliphatic rings. The Hall–Kier alpha value is -2.54. The number of hydrogen-bond donors (Lipinski definition) is 3. The summed E-state index contributed by atoms with van der Waals surface area (Å²) in [6.07, 6.45) is 0.970. The molecule has 0 spiro atoms. The number of sulfonamides is 1. The van der Waals surface area contributed by atoms with E-state index < -0.39 is 10.0 Å². The van der Waals surface area contributed by atoms with Crippen molar-refractivity contribution in [3.05, 3.63) is 53.6 Å². The number of hydrogen-bond acceptors (Lipinski definition) is 5.